The van der Waals surface area contributed by atoms with Crippen LogP contribution in [-0.2, 0) is 11.3 Å². The maximum absolute atomic E-state index is 12.9. The lowest BCUT2D eigenvalue weighted by Crippen LogP contribution is -2.46. The fourth-order valence-corrected chi connectivity index (χ4v) is 3.74. The molecule has 6 nitrogen and oxygen atoms in total. The van der Waals surface area contributed by atoms with E-state index in [-0.39, 0.29) is 11.9 Å². The summed E-state index contributed by atoms with van der Waals surface area (Å²) >= 11 is 0. The van der Waals surface area contributed by atoms with Crippen molar-refractivity contribution >= 4 is 5.91 Å². The summed E-state index contributed by atoms with van der Waals surface area (Å²) in [4.78, 5) is 19.3. The summed E-state index contributed by atoms with van der Waals surface area (Å²) in [7, 11) is 0. The molecular formula is C19H25N5O. The van der Waals surface area contributed by atoms with Gasteiger partial charge in [-0.2, -0.15) is 5.10 Å². The number of likely N-dealkylation sites (tertiary alicyclic amines) is 1. The molecule has 1 aromatic heterocycles. The first-order valence-electron chi connectivity index (χ1n) is 9.21. The Kier molecular flexibility index (Phi) is 4.78. The molecule has 2 aliphatic rings. The summed E-state index contributed by atoms with van der Waals surface area (Å²) in [6.07, 6.45) is 7.86. The molecule has 1 saturated heterocycles. The van der Waals surface area contributed by atoms with E-state index in [1.54, 1.807) is 12.7 Å². The molecule has 0 bridgehead atoms. The van der Waals surface area contributed by atoms with E-state index in [0.29, 0.717) is 12.0 Å². The first-order valence-corrected chi connectivity index (χ1v) is 9.21. The molecule has 1 aromatic carbocycles. The summed E-state index contributed by atoms with van der Waals surface area (Å²) in [6, 6.07) is 10.4. The molecule has 2 fully saturated rings. The summed E-state index contributed by atoms with van der Waals surface area (Å²) in [5.41, 5.74) is 1.09. The molecule has 4 rings (SSSR count). The van der Waals surface area contributed by atoms with Crippen molar-refractivity contribution < 1.29 is 4.79 Å². The van der Waals surface area contributed by atoms with Crippen LogP contribution in [0.1, 0.15) is 37.3 Å². The highest BCUT2D eigenvalue weighted by molar-refractivity contribution is 5.83. The average molecular weight is 339 g/mol. The molecule has 6 heteroatoms. The van der Waals surface area contributed by atoms with Crippen LogP contribution in [0.25, 0.3) is 0 Å². The first kappa shape index (κ1) is 16.3. The Morgan fingerprint density at radius 3 is 2.80 bits per heavy atom. The quantitative estimate of drug-likeness (QED) is 0.874. The monoisotopic (exact) mass is 339 g/mol. The van der Waals surface area contributed by atoms with Gasteiger partial charge in [0.15, 0.2) is 0 Å². The second-order valence-corrected chi connectivity index (χ2v) is 7.22. The van der Waals surface area contributed by atoms with E-state index in [1.165, 1.54) is 6.42 Å². The Morgan fingerprint density at radius 2 is 2.08 bits per heavy atom. The molecule has 2 heterocycles. The largest absolute Gasteiger partial charge is 0.352 e. The molecule has 2 atom stereocenters. The van der Waals surface area contributed by atoms with Gasteiger partial charge in [-0.05, 0) is 43.7 Å². The normalized spacial score (nSPS) is 22.5. The van der Waals surface area contributed by atoms with Crippen LogP contribution < -0.4 is 5.32 Å². The highest BCUT2D eigenvalue weighted by Crippen LogP contribution is 2.29. The lowest BCUT2D eigenvalue weighted by molar-refractivity contribution is -0.127. The third kappa shape index (κ3) is 4.07. The number of nitrogens with zero attached hydrogens (tertiary/aromatic N) is 4. The first-order chi connectivity index (χ1) is 12.3. The van der Waals surface area contributed by atoms with Gasteiger partial charge >= 0.3 is 0 Å². The molecule has 25 heavy (non-hydrogen) atoms. The predicted molar refractivity (Wildman–Crippen MR) is 94.7 cm³/mol. The maximum Gasteiger partial charge on any atom is 0.242 e. The fraction of sp³-hybridized carbons (Fsp3) is 0.526. The van der Waals surface area contributed by atoms with Gasteiger partial charge in [-0.3, -0.25) is 14.4 Å². The number of hydrogen-bond donors (Lipinski definition) is 1. The summed E-state index contributed by atoms with van der Waals surface area (Å²) in [5.74, 6) is 0.644. The molecule has 2 aromatic rings. The molecule has 1 amide bonds. The van der Waals surface area contributed by atoms with E-state index in [9.17, 15) is 4.79 Å². The smallest absolute Gasteiger partial charge is 0.242 e. The van der Waals surface area contributed by atoms with Gasteiger partial charge in [-0.15, -0.1) is 0 Å². The molecule has 0 radical (unpaired) electrons. The van der Waals surface area contributed by atoms with Crippen molar-refractivity contribution in [1.29, 1.82) is 0 Å². The van der Waals surface area contributed by atoms with Crippen LogP contribution in [0.5, 0.6) is 0 Å². The van der Waals surface area contributed by atoms with Crippen molar-refractivity contribution in [2.45, 2.75) is 44.3 Å². The van der Waals surface area contributed by atoms with Gasteiger partial charge in [0.2, 0.25) is 5.91 Å². The summed E-state index contributed by atoms with van der Waals surface area (Å²) in [5, 5.41) is 7.43. The number of hydrogen-bond acceptors (Lipinski definition) is 4. The van der Waals surface area contributed by atoms with E-state index >= 15 is 0 Å². The minimum absolute atomic E-state index is 0.148. The van der Waals surface area contributed by atoms with E-state index in [1.807, 2.05) is 22.9 Å². The Balaban J connectivity index is 1.50. The molecule has 1 aliphatic heterocycles. The van der Waals surface area contributed by atoms with Crippen molar-refractivity contribution in [1.82, 2.24) is 25.0 Å². The van der Waals surface area contributed by atoms with Crippen molar-refractivity contribution in [3.8, 4) is 0 Å². The van der Waals surface area contributed by atoms with Gasteiger partial charge in [-0.1, -0.05) is 30.3 Å². The van der Waals surface area contributed by atoms with Crippen LogP contribution in [0.15, 0.2) is 43.0 Å². The fourth-order valence-electron chi connectivity index (χ4n) is 3.74. The topological polar surface area (TPSA) is 63.1 Å². The number of benzene rings is 1. The standard InChI is InChI=1S/C19H25N5O/c25-19(22-17-8-9-17)18(16-6-2-1-3-7-16)23-10-4-5-15(11-23)12-24-14-20-13-21-24/h1-3,6-7,13-15,17-18H,4-5,8-12H2,(H,22,25)/t15-,18-/m0/s1. The predicted octanol–water partition coefficient (Wildman–Crippen LogP) is 2.01. The lowest BCUT2D eigenvalue weighted by atomic mass is 9.94. The van der Waals surface area contributed by atoms with Gasteiger partial charge in [0.25, 0.3) is 0 Å². The summed E-state index contributed by atoms with van der Waals surface area (Å²) < 4.78 is 1.90. The van der Waals surface area contributed by atoms with Gasteiger partial charge in [0.05, 0.1) is 0 Å². The number of nitrogens with one attached hydrogen (secondary N) is 1. The maximum atomic E-state index is 12.9. The van der Waals surface area contributed by atoms with Gasteiger partial charge in [0.1, 0.15) is 18.7 Å². The Morgan fingerprint density at radius 1 is 1.24 bits per heavy atom. The van der Waals surface area contributed by atoms with E-state index < -0.39 is 0 Å². The van der Waals surface area contributed by atoms with E-state index in [4.69, 9.17) is 0 Å². The molecule has 0 unspecified atom stereocenters. The number of carbonyl (C=O) groups is 1. The average Bonchev–Trinajstić information content (AvgIpc) is 3.29. The van der Waals surface area contributed by atoms with E-state index in [0.717, 1.165) is 44.5 Å². The SMILES string of the molecule is O=C(NC1CC1)[C@H](c1ccccc1)N1CCC[C@H](Cn2cncn2)C1. The van der Waals surface area contributed by atoms with E-state index in [2.05, 4.69) is 32.4 Å². The van der Waals surface area contributed by atoms with Gasteiger partial charge < -0.3 is 5.32 Å². The second-order valence-electron chi connectivity index (χ2n) is 7.22. The Bertz CT molecular complexity index is 683. The number of aromatic nitrogens is 3. The number of carbonyl (C=O) groups excluding carboxylic acids is 1. The summed E-state index contributed by atoms with van der Waals surface area (Å²) in [6.45, 7) is 2.74. The molecule has 132 valence electrons. The number of rotatable bonds is 6. The highest BCUT2D eigenvalue weighted by Gasteiger charge is 2.34. The minimum atomic E-state index is -0.194. The van der Waals surface area contributed by atoms with Gasteiger partial charge in [-0.25, -0.2) is 4.98 Å². The van der Waals surface area contributed by atoms with Crippen molar-refractivity contribution in [2.75, 3.05) is 13.1 Å². The van der Waals surface area contributed by atoms with Crippen molar-refractivity contribution in [3.63, 3.8) is 0 Å². The third-order valence-electron chi connectivity index (χ3n) is 5.11. The van der Waals surface area contributed by atoms with Crippen LogP contribution in [0.3, 0.4) is 0 Å². The molecule has 1 saturated carbocycles. The zero-order chi connectivity index (χ0) is 17.1. The minimum Gasteiger partial charge on any atom is -0.352 e. The van der Waals surface area contributed by atoms with Crippen LogP contribution in [0, 0.1) is 5.92 Å². The van der Waals surface area contributed by atoms with Gasteiger partial charge in [0, 0.05) is 19.1 Å². The molecule has 1 N–H and O–H groups in total. The van der Waals surface area contributed by atoms with Crippen LogP contribution in [0.2, 0.25) is 0 Å². The van der Waals surface area contributed by atoms with Crippen LogP contribution in [-0.4, -0.2) is 44.7 Å². The number of amides is 1. The van der Waals surface area contributed by atoms with Crippen LogP contribution in [0.4, 0.5) is 0 Å². The zero-order valence-corrected chi connectivity index (χ0v) is 14.4. The highest BCUT2D eigenvalue weighted by atomic mass is 16.2. The Labute approximate surface area is 148 Å². The van der Waals surface area contributed by atoms with Crippen molar-refractivity contribution in [3.05, 3.63) is 48.5 Å². The third-order valence-corrected chi connectivity index (χ3v) is 5.11. The van der Waals surface area contributed by atoms with Crippen LogP contribution >= 0.6 is 0 Å². The number of piperidine rings is 1. The zero-order valence-electron chi connectivity index (χ0n) is 14.4. The Hall–Kier alpha value is -2.21. The van der Waals surface area contributed by atoms with Crippen molar-refractivity contribution in [2.24, 2.45) is 5.92 Å². The molecule has 1 aliphatic carbocycles. The second kappa shape index (κ2) is 7.35. The lowest BCUT2D eigenvalue weighted by Gasteiger charge is -2.37. The molecular weight excluding hydrogens is 314 g/mol. The molecule has 0 spiro atoms.